The van der Waals surface area contributed by atoms with E-state index >= 15 is 0 Å². The van der Waals surface area contributed by atoms with Crippen LogP contribution in [0.4, 0.5) is 5.69 Å². The second kappa shape index (κ2) is 7.53. The third kappa shape index (κ3) is 4.91. The largest absolute Gasteiger partial charge is 0.481 e. The van der Waals surface area contributed by atoms with Gasteiger partial charge in [-0.3, -0.25) is 9.59 Å². The Morgan fingerprint density at radius 1 is 1.25 bits per heavy atom. The molecule has 0 saturated heterocycles. The Kier molecular flexibility index (Phi) is 6.03. The van der Waals surface area contributed by atoms with E-state index in [-0.39, 0.29) is 12.0 Å². The fourth-order valence-electron chi connectivity index (χ4n) is 2.02. The van der Waals surface area contributed by atoms with Gasteiger partial charge in [0.25, 0.3) is 5.91 Å². The topological polar surface area (TPSA) is 92.4 Å². The fraction of sp³-hybridized carbons (Fsp3) is 0.467. The van der Waals surface area contributed by atoms with Crippen molar-refractivity contribution in [2.75, 3.05) is 5.32 Å². The highest BCUT2D eigenvalue weighted by Gasteiger charge is 2.12. The summed E-state index contributed by atoms with van der Waals surface area (Å²) in [5, 5.41) is 12.1. The Bertz CT molecular complexity index is 474. The van der Waals surface area contributed by atoms with Gasteiger partial charge in [-0.05, 0) is 31.9 Å². The lowest BCUT2D eigenvalue weighted by Crippen LogP contribution is -2.20. The van der Waals surface area contributed by atoms with Gasteiger partial charge in [0.1, 0.15) is 0 Å². The van der Waals surface area contributed by atoms with Crippen molar-refractivity contribution in [3.8, 4) is 0 Å². The molecule has 1 aromatic carbocycles. The Labute approximate surface area is 119 Å². The summed E-state index contributed by atoms with van der Waals surface area (Å²) in [6, 6.07) is 7.26. The zero-order chi connectivity index (χ0) is 15.1. The first-order valence-corrected chi connectivity index (χ1v) is 6.80. The lowest BCUT2D eigenvalue weighted by molar-refractivity contribution is -0.141. The van der Waals surface area contributed by atoms with E-state index in [1.54, 1.807) is 19.1 Å². The second-order valence-corrected chi connectivity index (χ2v) is 5.13. The molecule has 5 heteroatoms. The molecule has 2 unspecified atom stereocenters. The number of amides is 1. The molecule has 110 valence electrons. The molecule has 5 nitrogen and oxygen atoms in total. The van der Waals surface area contributed by atoms with Gasteiger partial charge in [-0.25, -0.2) is 0 Å². The third-order valence-corrected chi connectivity index (χ3v) is 3.29. The zero-order valence-corrected chi connectivity index (χ0v) is 11.9. The number of carbonyl (C=O) groups excluding carboxylic acids is 1. The van der Waals surface area contributed by atoms with Gasteiger partial charge in [-0.1, -0.05) is 25.5 Å². The molecule has 1 rings (SSSR count). The van der Waals surface area contributed by atoms with Crippen molar-refractivity contribution in [2.24, 2.45) is 11.7 Å². The Morgan fingerprint density at radius 2 is 1.90 bits per heavy atom. The molecule has 0 heterocycles. The van der Waals surface area contributed by atoms with Gasteiger partial charge < -0.3 is 16.2 Å². The van der Waals surface area contributed by atoms with E-state index in [0.717, 1.165) is 18.5 Å². The number of primary amides is 1. The van der Waals surface area contributed by atoms with E-state index in [9.17, 15) is 9.59 Å². The van der Waals surface area contributed by atoms with Gasteiger partial charge in [0.2, 0.25) is 0 Å². The van der Waals surface area contributed by atoms with E-state index in [0.29, 0.717) is 12.0 Å². The van der Waals surface area contributed by atoms with Crippen LogP contribution in [-0.2, 0) is 4.79 Å². The Hall–Kier alpha value is -2.04. The number of hydrogen-bond acceptors (Lipinski definition) is 3. The molecule has 0 radical (unpaired) electrons. The number of nitrogens with two attached hydrogens (primary N) is 1. The van der Waals surface area contributed by atoms with Gasteiger partial charge >= 0.3 is 5.97 Å². The van der Waals surface area contributed by atoms with Crippen molar-refractivity contribution < 1.29 is 14.7 Å². The summed E-state index contributed by atoms with van der Waals surface area (Å²) < 4.78 is 0. The molecule has 1 aromatic rings. The smallest absolute Gasteiger partial charge is 0.306 e. The second-order valence-electron chi connectivity index (χ2n) is 5.13. The van der Waals surface area contributed by atoms with Gasteiger partial charge in [0.15, 0.2) is 0 Å². The molecule has 0 fully saturated rings. The number of para-hydroxylation sites is 1. The number of carbonyl (C=O) groups is 2. The predicted molar refractivity (Wildman–Crippen MR) is 78.7 cm³/mol. The average Bonchev–Trinajstić information content (AvgIpc) is 2.38. The standard InChI is InChI=1S/C15H22N2O3/c1-10(15(19)20)6-5-7-11(2)17-13-9-4-3-8-12(13)14(16)18/h3-4,8-11,17H,5-7H2,1-2H3,(H2,16,18)(H,19,20). The van der Waals surface area contributed by atoms with Crippen LogP contribution in [0.2, 0.25) is 0 Å². The van der Waals surface area contributed by atoms with Crippen LogP contribution < -0.4 is 11.1 Å². The SMILES string of the molecule is CC(CCCC(C)C(=O)O)Nc1ccccc1C(N)=O. The predicted octanol–water partition coefficient (Wildman–Crippen LogP) is 2.48. The molecular weight excluding hydrogens is 256 g/mol. The molecule has 0 saturated carbocycles. The van der Waals surface area contributed by atoms with Gasteiger partial charge in [0.05, 0.1) is 11.5 Å². The number of carboxylic acids is 1. The number of nitrogens with one attached hydrogen (secondary N) is 1. The highest BCUT2D eigenvalue weighted by atomic mass is 16.4. The van der Waals surface area contributed by atoms with Crippen LogP contribution >= 0.6 is 0 Å². The van der Waals surface area contributed by atoms with Crippen molar-refractivity contribution >= 4 is 17.6 Å². The molecule has 1 amide bonds. The number of aliphatic carboxylic acids is 1. The number of hydrogen-bond donors (Lipinski definition) is 3. The summed E-state index contributed by atoms with van der Waals surface area (Å²) in [7, 11) is 0. The van der Waals surface area contributed by atoms with E-state index in [4.69, 9.17) is 10.8 Å². The van der Waals surface area contributed by atoms with Crippen LogP contribution in [0.15, 0.2) is 24.3 Å². The van der Waals surface area contributed by atoms with Crippen molar-refractivity contribution in [3.63, 3.8) is 0 Å². The number of anilines is 1. The molecule has 0 aromatic heterocycles. The van der Waals surface area contributed by atoms with Crippen LogP contribution in [0.3, 0.4) is 0 Å². The molecule has 4 N–H and O–H groups in total. The van der Waals surface area contributed by atoms with E-state index in [1.807, 2.05) is 19.1 Å². The van der Waals surface area contributed by atoms with Crippen molar-refractivity contribution in [1.82, 2.24) is 0 Å². The van der Waals surface area contributed by atoms with Crippen LogP contribution in [0.25, 0.3) is 0 Å². The van der Waals surface area contributed by atoms with Gasteiger partial charge in [-0.15, -0.1) is 0 Å². The lowest BCUT2D eigenvalue weighted by Gasteiger charge is -2.17. The minimum Gasteiger partial charge on any atom is -0.481 e. The fourth-order valence-corrected chi connectivity index (χ4v) is 2.02. The summed E-state index contributed by atoms with van der Waals surface area (Å²) in [6.07, 6.45) is 2.31. The van der Waals surface area contributed by atoms with Crippen LogP contribution in [-0.4, -0.2) is 23.0 Å². The molecule has 20 heavy (non-hydrogen) atoms. The molecule has 0 spiro atoms. The highest BCUT2D eigenvalue weighted by Crippen LogP contribution is 2.18. The number of rotatable bonds is 8. The van der Waals surface area contributed by atoms with Crippen molar-refractivity contribution in [3.05, 3.63) is 29.8 Å². The molecule has 0 aliphatic heterocycles. The zero-order valence-electron chi connectivity index (χ0n) is 11.9. The molecular formula is C15H22N2O3. The normalized spacial score (nSPS) is 13.5. The average molecular weight is 278 g/mol. The number of carboxylic acid groups (broad SMARTS) is 1. The van der Waals surface area contributed by atoms with E-state index < -0.39 is 11.9 Å². The van der Waals surface area contributed by atoms with Crippen molar-refractivity contribution in [2.45, 2.75) is 39.2 Å². The molecule has 0 bridgehead atoms. The first kappa shape index (κ1) is 16.0. The maximum absolute atomic E-state index is 11.3. The number of benzene rings is 1. The maximum atomic E-state index is 11.3. The third-order valence-electron chi connectivity index (χ3n) is 3.29. The summed E-state index contributed by atoms with van der Waals surface area (Å²) in [6.45, 7) is 3.71. The summed E-state index contributed by atoms with van der Waals surface area (Å²) in [5.41, 5.74) is 6.51. The van der Waals surface area contributed by atoms with E-state index in [2.05, 4.69) is 5.32 Å². The Morgan fingerprint density at radius 3 is 2.50 bits per heavy atom. The van der Waals surface area contributed by atoms with Crippen LogP contribution in [0.1, 0.15) is 43.5 Å². The summed E-state index contributed by atoms with van der Waals surface area (Å²) >= 11 is 0. The molecule has 0 aliphatic rings. The molecule has 2 atom stereocenters. The van der Waals surface area contributed by atoms with Gasteiger partial charge in [0, 0.05) is 11.7 Å². The molecule has 0 aliphatic carbocycles. The van der Waals surface area contributed by atoms with Gasteiger partial charge in [-0.2, -0.15) is 0 Å². The first-order chi connectivity index (χ1) is 9.41. The maximum Gasteiger partial charge on any atom is 0.306 e. The van der Waals surface area contributed by atoms with Crippen LogP contribution in [0.5, 0.6) is 0 Å². The van der Waals surface area contributed by atoms with Crippen molar-refractivity contribution in [1.29, 1.82) is 0 Å². The monoisotopic (exact) mass is 278 g/mol. The minimum absolute atomic E-state index is 0.150. The first-order valence-electron chi connectivity index (χ1n) is 6.80. The Balaban J connectivity index is 2.49. The van der Waals surface area contributed by atoms with Crippen LogP contribution in [0, 0.1) is 5.92 Å². The lowest BCUT2D eigenvalue weighted by atomic mass is 10.0. The highest BCUT2D eigenvalue weighted by molar-refractivity contribution is 5.98. The summed E-state index contributed by atoms with van der Waals surface area (Å²) in [5.74, 6) is -1.54. The summed E-state index contributed by atoms with van der Waals surface area (Å²) in [4.78, 5) is 22.0. The van der Waals surface area contributed by atoms with E-state index in [1.165, 1.54) is 0 Å². The quantitative estimate of drug-likeness (QED) is 0.681. The minimum atomic E-state index is -0.760.